The Morgan fingerprint density at radius 2 is 1.65 bits per heavy atom. The van der Waals surface area contributed by atoms with Crippen LogP contribution in [0.5, 0.6) is 0 Å². The van der Waals surface area contributed by atoms with E-state index in [1.165, 1.54) is 30.2 Å². The van der Waals surface area contributed by atoms with E-state index in [4.69, 9.17) is 10.5 Å². The molecule has 0 radical (unpaired) electrons. The molecule has 6 nitrogen and oxygen atoms in total. The highest BCUT2D eigenvalue weighted by molar-refractivity contribution is 5.98. The summed E-state index contributed by atoms with van der Waals surface area (Å²) in [6.45, 7) is 1.51. The maximum absolute atomic E-state index is 12.3. The highest BCUT2D eigenvalue weighted by Gasteiger charge is 2.20. The van der Waals surface area contributed by atoms with Crippen molar-refractivity contribution >= 4 is 23.5 Å². The Hall–Kier alpha value is -3.15. The van der Waals surface area contributed by atoms with E-state index < -0.39 is 23.9 Å². The van der Waals surface area contributed by atoms with E-state index >= 15 is 0 Å². The first kappa shape index (κ1) is 17.7. The van der Waals surface area contributed by atoms with E-state index in [-0.39, 0.29) is 0 Å². The van der Waals surface area contributed by atoms with Crippen LogP contribution in [0.2, 0.25) is 0 Å². The second kappa shape index (κ2) is 7.39. The average molecular weight is 352 g/mol. The van der Waals surface area contributed by atoms with Gasteiger partial charge in [0.1, 0.15) is 0 Å². The van der Waals surface area contributed by atoms with Crippen LogP contribution in [0.3, 0.4) is 0 Å². The maximum Gasteiger partial charge on any atom is 0.338 e. The van der Waals surface area contributed by atoms with Gasteiger partial charge in [-0.05, 0) is 73.7 Å². The largest absolute Gasteiger partial charge is 0.449 e. The zero-order valence-electron chi connectivity index (χ0n) is 14.5. The third-order valence-corrected chi connectivity index (χ3v) is 4.42. The quantitative estimate of drug-likeness (QED) is 0.808. The summed E-state index contributed by atoms with van der Waals surface area (Å²) < 4.78 is 5.27. The number of nitrogens with one attached hydrogen (secondary N) is 1. The zero-order valence-corrected chi connectivity index (χ0v) is 14.5. The number of hydrogen-bond acceptors (Lipinski definition) is 4. The Morgan fingerprint density at radius 1 is 1.00 bits per heavy atom. The van der Waals surface area contributed by atoms with Gasteiger partial charge in [0.2, 0.25) is 5.91 Å². The minimum absolute atomic E-state index is 0.346. The lowest BCUT2D eigenvalue weighted by Crippen LogP contribution is -2.30. The fraction of sp³-hybridized carbons (Fsp3) is 0.250. The molecule has 0 aliphatic heterocycles. The predicted octanol–water partition coefficient (Wildman–Crippen LogP) is 2.46. The molecule has 0 heterocycles. The predicted molar refractivity (Wildman–Crippen MR) is 96.9 cm³/mol. The fourth-order valence-corrected chi connectivity index (χ4v) is 2.94. The normalized spacial score (nSPS) is 13.6. The van der Waals surface area contributed by atoms with Gasteiger partial charge in [-0.2, -0.15) is 0 Å². The van der Waals surface area contributed by atoms with Gasteiger partial charge in [-0.1, -0.05) is 6.07 Å². The molecule has 6 heteroatoms. The number of hydrogen-bond donors (Lipinski definition) is 2. The van der Waals surface area contributed by atoms with Crippen molar-refractivity contribution in [3.05, 3.63) is 64.7 Å². The van der Waals surface area contributed by atoms with Crippen LogP contribution in [0.4, 0.5) is 5.69 Å². The summed E-state index contributed by atoms with van der Waals surface area (Å²) in [6.07, 6.45) is 2.15. The van der Waals surface area contributed by atoms with Crippen LogP contribution in [0.1, 0.15) is 45.2 Å². The van der Waals surface area contributed by atoms with E-state index in [0.717, 1.165) is 19.3 Å². The van der Waals surface area contributed by atoms with Gasteiger partial charge in [0.15, 0.2) is 6.10 Å². The first-order chi connectivity index (χ1) is 12.4. The molecule has 0 aromatic heterocycles. The third-order valence-electron chi connectivity index (χ3n) is 4.42. The van der Waals surface area contributed by atoms with Gasteiger partial charge >= 0.3 is 5.97 Å². The lowest BCUT2D eigenvalue weighted by atomic mass is 10.1. The molecule has 2 amide bonds. The standard InChI is InChI=1S/C20H20N2O4/c1-12(19(24)22-17-9-7-14(8-10-17)18(21)23)26-20(25)16-6-5-13-3-2-4-15(13)11-16/h5-12H,2-4H2,1H3,(H2,21,23)(H,22,24)/t12-/m1/s1. The molecule has 2 aromatic carbocycles. The molecule has 134 valence electrons. The summed E-state index contributed by atoms with van der Waals surface area (Å²) in [5.41, 5.74) is 8.90. The number of anilines is 1. The number of aryl methyl sites for hydroxylation is 2. The summed E-state index contributed by atoms with van der Waals surface area (Å²) >= 11 is 0. The number of carbonyl (C=O) groups is 3. The molecular weight excluding hydrogens is 332 g/mol. The summed E-state index contributed by atoms with van der Waals surface area (Å²) in [5, 5.41) is 2.64. The summed E-state index contributed by atoms with van der Waals surface area (Å²) in [6, 6.07) is 11.7. The van der Waals surface area contributed by atoms with Crippen LogP contribution in [-0.2, 0) is 22.4 Å². The molecular formula is C20H20N2O4. The van der Waals surface area contributed by atoms with E-state index in [0.29, 0.717) is 16.8 Å². The Bertz CT molecular complexity index is 859. The SMILES string of the molecule is C[C@@H](OC(=O)c1ccc2c(c1)CCC2)C(=O)Nc1ccc(C(N)=O)cc1. The number of amides is 2. The van der Waals surface area contributed by atoms with Crippen LogP contribution in [0, 0.1) is 0 Å². The number of primary amides is 1. The molecule has 0 saturated carbocycles. The van der Waals surface area contributed by atoms with Gasteiger partial charge in [0.05, 0.1) is 5.56 Å². The highest BCUT2D eigenvalue weighted by atomic mass is 16.5. The molecule has 0 spiro atoms. The zero-order chi connectivity index (χ0) is 18.7. The Labute approximate surface area is 151 Å². The van der Waals surface area contributed by atoms with Crippen molar-refractivity contribution in [1.82, 2.24) is 0 Å². The Kier molecular flexibility index (Phi) is 5.02. The molecule has 3 N–H and O–H groups in total. The maximum atomic E-state index is 12.3. The molecule has 0 fully saturated rings. The van der Waals surface area contributed by atoms with E-state index in [2.05, 4.69) is 5.32 Å². The number of nitrogens with two attached hydrogens (primary N) is 1. The molecule has 0 bridgehead atoms. The highest BCUT2D eigenvalue weighted by Crippen LogP contribution is 2.23. The number of ether oxygens (including phenoxy) is 1. The van der Waals surface area contributed by atoms with Crippen molar-refractivity contribution in [3.63, 3.8) is 0 Å². The van der Waals surface area contributed by atoms with Gasteiger partial charge in [-0.3, -0.25) is 9.59 Å². The number of rotatable bonds is 5. The topological polar surface area (TPSA) is 98.5 Å². The molecule has 0 unspecified atom stereocenters. The van der Waals surface area contributed by atoms with Crippen LogP contribution in [-0.4, -0.2) is 23.9 Å². The minimum Gasteiger partial charge on any atom is -0.449 e. The third kappa shape index (κ3) is 3.91. The second-order valence-corrected chi connectivity index (χ2v) is 6.32. The molecule has 1 aliphatic carbocycles. The van der Waals surface area contributed by atoms with Crippen molar-refractivity contribution in [2.24, 2.45) is 5.73 Å². The minimum atomic E-state index is -0.952. The molecule has 1 aliphatic rings. The van der Waals surface area contributed by atoms with Gasteiger partial charge < -0.3 is 15.8 Å². The number of fused-ring (bicyclic) bond motifs is 1. The number of esters is 1. The van der Waals surface area contributed by atoms with E-state index in [9.17, 15) is 14.4 Å². The van der Waals surface area contributed by atoms with Gasteiger partial charge in [-0.15, -0.1) is 0 Å². The van der Waals surface area contributed by atoms with Gasteiger partial charge in [0.25, 0.3) is 5.91 Å². The molecule has 26 heavy (non-hydrogen) atoms. The smallest absolute Gasteiger partial charge is 0.338 e. The molecule has 1 atom stereocenters. The number of carbonyl (C=O) groups excluding carboxylic acids is 3. The summed E-state index contributed by atoms with van der Waals surface area (Å²) in [5.74, 6) is -1.52. The first-order valence-corrected chi connectivity index (χ1v) is 8.47. The van der Waals surface area contributed by atoms with Gasteiger partial charge in [0, 0.05) is 11.3 Å². The average Bonchev–Trinajstić information content (AvgIpc) is 3.09. The lowest BCUT2D eigenvalue weighted by Gasteiger charge is -2.14. The monoisotopic (exact) mass is 352 g/mol. The fourth-order valence-electron chi connectivity index (χ4n) is 2.94. The van der Waals surface area contributed by atoms with Crippen molar-refractivity contribution in [3.8, 4) is 0 Å². The van der Waals surface area contributed by atoms with Crippen molar-refractivity contribution in [2.45, 2.75) is 32.3 Å². The molecule has 0 saturated heterocycles. The van der Waals surface area contributed by atoms with Crippen LogP contribution in [0.15, 0.2) is 42.5 Å². The van der Waals surface area contributed by atoms with Gasteiger partial charge in [-0.25, -0.2) is 4.79 Å². The van der Waals surface area contributed by atoms with E-state index in [1.54, 1.807) is 18.2 Å². The van der Waals surface area contributed by atoms with Crippen LogP contribution < -0.4 is 11.1 Å². The van der Waals surface area contributed by atoms with Crippen molar-refractivity contribution in [2.75, 3.05) is 5.32 Å². The first-order valence-electron chi connectivity index (χ1n) is 8.47. The summed E-state index contributed by atoms with van der Waals surface area (Å²) in [7, 11) is 0. The number of benzene rings is 2. The molecule has 3 rings (SSSR count). The van der Waals surface area contributed by atoms with Crippen molar-refractivity contribution in [1.29, 1.82) is 0 Å². The Morgan fingerprint density at radius 3 is 2.35 bits per heavy atom. The van der Waals surface area contributed by atoms with Crippen LogP contribution >= 0.6 is 0 Å². The lowest BCUT2D eigenvalue weighted by molar-refractivity contribution is -0.123. The molecule has 2 aromatic rings. The van der Waals surface area contributed by atoms with E-state index in [1.807, 2.05) is 12.1 Å². The second-order valence-electron chi connectivity index (χ2n) is 6.32. The summed E-state index contributed by atoms with van der Waals surface area (Å²) in [4.78, 5) is 35.5. The van der Waals surface area contributed by atoms with Crippen molar-refractivity contribution < 1.29 is 19.1 Å². The van der Waals surface area contributed by atoms with Crippen LogP contribution in [0.25, 0.3) is 0 Å². The Balaban J connectivity index is 1.60.